The van der Waals surface area contributed by atoms with E-state index in [1.165, 1.54) is 0 Å². The Balaban J connectivity index is 1.73. The highest BCUT2D eigenvalue weighted by Gasteiger charge is 2.42. The number of likely N-dealkylation sites (tertiary alicyclic amines) is 1. The Kier molecular flexibility index (Phi) is 6.55. The van der Waals surface area contributed by atoms with Gasteiger partial charge < -0.3 is 19.9 Å². The number of H-pyrrole nitrogens is 1. The average molecular weight is 377 g/mol. The third-order valence-electron chi connectivity index (χ3n) is 5.89. The first-order chi connectivity index (χ1) is 13.0. The fourth-order valence-electron chi connectivity index (χ4n) is 4.34. The molecule has 0 aliphatic carbocycles. The predicted octanol–water partition coefficient (Wildman–Crippen LogP) is 1.54. The number of likely N-dealkylation sites (N-methyl/N-ethyl adjacent to an activating group) is 1. The summed E-state index contributed by atoms with van der Waals surface area (Å²) in [6, 6.07) is 1.97. The average Bonchev–Trinajstić information content (AvgIpc) is 3.29. The summed E-state index contributed by atoms with van der Waals surface area (Å²) >= 11 is 0. The number of hydrogen-bond donors (Lipinski definition) is 2. The number of aromatic amines is 1. The van der Waals surface area contributed by atoms with Crippen LogP contribution in [-0.4, -0.2) is 77.6 Å². The van der Waals surface area contributed by atoms with Crippen LogP contribution in [0.25, 0.3) is 0 Å². The molecule has 2 N–H and O–H groups in total. The van der Waals surface area contributed by atoms with Crippen molar-refractivity contribution >= 4 is 11.8 Å². The second-order valence-corrected chi connectivity index (χ2v) is 7.49. The number of rotatable bonds is 6. The van der Waals surface area contributed by atoms with E-state index in [4.69, 9.17) is 4.74 Å². The summed E-state index contributed by atoms with van der Waals surface area (Å²) in [5, 5.41) is 3.15. The lowest BCUT2D eigenvalue weighted by Crippen LogP contribution is -2.50. The van der Waals surface area contributed by atoms with E-state index < -0.39 is 0 Å². The monoisotopic (exact) mass is 376 g/mol. The lowest BCUT2D eigenvalue weighted by molar-refractivity contribution is -0.137. The molecule has 3 heterocycles. The van der Waals surface area contributed by atoms with Crippen molar-refractivity contribution in [1.82, 2.24) is 20.1 Å². The predicted molar refractivity (Wildman–Crippen MR) is 104 cm³/mol. The van der Waals surface area contributed by atoms with Gasteiger partial charge in [-0.25, -0.2) is 0 Å². The first-order valence-electron chi connectivity index (χ1n) is 10.1. The van der Waals surface area contributed by atoms with E-state index in [0.29, 0.717) is 31.1 Å². The van der Waals surface area contributed by atoms with Crippen molar-refractivity contribution in [2.24, 2.45) is 0 Å². The molecule has 2 unspecified atom stereocenters. The molecule has 0 spiro atoms. The van der Waals surface area contributed by atoms with Crippen LogP contribution in [0.15, 0.2) is 12.3 Å². The molecule has 7 nitrogen and oxygen atoms in total. The minimum atomic E-state index is -0.161. The van der Waals surface area contributed by atoms with Crippen LogP contribution in [0.5, 0.6) is 0 Å². The molecule has 2 atom stereocenters. The number of carbonyl (C=O) groups is 2. The Morgan fingerprint density at radius 2 is 2.00 bits per heavy atom. The zero-order valence-electron chi connectivity index (χ0n) is 16.7. The van der Waals surface area contributed by atoms with Crippen LogP contribution < -0.4 is 5.32 Å². The van der Waals surface area contributed by atoms with E-state index in [1.54, 1.807) is 12.3 Å². The van der Waals surface area contributed by atoms with Crippen LogP contribution in [0.1, 0.15) is 49.2 Å². The first-order valence-corrected chi connectivity index (χ1v) is 10.1. The van der Waals surface area contributed by atoms with Gasteiger partial charge in [-0.05, 0) is 46.1 Å². The lowest BCUT2D eigenvalue weighted by Gasteiger charge is -2.36. The molecule has 1 aromatic heterocycles. The molecule has 0 radical (unpaired) electrons. The number of amides is 2. The minimum Gasteiger partial charge on any atom is -0.381 e. The quantitative estimate of drug-likeness (QED) is 0.790. The Bertz CT molecular complexity index is 649. The zero-order valence-corrected chi connectivity index (χ0v) is 16.7. The summed E-state index contributed by atoms with van der Waals surface area (Å²) in [4.78, 5) is 33.0. The molecule has 27 heavy (non-hydrogen) atoms. The molecule has 7 heteroatoms. The van der Waals surface area contributed by atoms with Gasteiger partial charge in [0.15, 0.2) is 0 Å². The summed E-state index contributed by atoms with van der Waals surface area (Å²) in [7, 11) is 0. The summed E-state index contributed by atoms with van der Waals surface area (Å²) in [5.41, 5.74) is 1.54. The van der Waals surface area contributed by atoms with E-state index >= 15 is 0 Å². The Morgan fingerprint density at radius 3 is 2.59 bits per heavy atom. The van der Waals surface area contributed by atoms with E-state index in [9.17, 15) is 9.59 Å². The lowest BCUT2D eigenvalue weighted by atomic mass is 10.0. The normalized spacial score (nSPS) is 24.1. The second-order valence-electron chi connectivity index (χ2n) is 7.49. The molecule has 2 aliphatic rings. The number of carbonyl (C=O) groups excluding carboxylic acids is 2. The molecule has 2 saturated heterocycles. The van der Waals surface area contributed by atoms with Gasteiger partial charge in [0.1, 0.15) is 0 Å². The highest BCUT2D eigenvalue weighted by molar-refractivity contribution is 5.95. The maximum atomic E-state index is 13.1. The van der Waals surface area contributed by atoms with Gasteiger partial charge in [-0.15, -0.1) is 0 Å². The molecule has 3 rings (SSSR count). The SMILES string of the molecule is CCN(CC)C(=O)C1CC(NC(=O)c2cc[nH]c2C)CN1C1CCOCC1. The zero-order chi connectivity index (χ0) is 19.4. The molecule has 0 saturated carbocycles. The molecule has 2 aliphatic heterocycles. The van der Waals surface area contributed by atoms with Gasteiger partial charge in [-0.1, -0.05) is 0 Å². The van der Waals surface area contributed by atoms with Crippen LogP contribution in [0, 0.1) is 6.92 Å². The van der Waals surface area contributed by atoms with Gasteiger partial charge in [-0.2, -0.15) is 0 Å². The highest BCUT2D eigenvalue weighted by Crippen LogP contribution is 2.27. The number of aryl methyl sites for hydroxylation is 1. The molecule has 0 bridgehead atoms. The van der Waals surface area contributed by atoms with Gasteiger partial charge in [-0.3, -0.25) is 14.5 Å². The number of nitrogens with zero attached hydrogens (tertiary/aromatic N) is 2. The first kappa shape index (κ1) is 19.9. The summed E-state index contributed by atoms with van der Waals surface area (Å²) in [5.74, 6) is 0.114. The van der Waals surface area contributed by atoms with Gasteiger partial charge in [0.05, 0.1) is 11.6 Å². The minimum absolute atomic E-state index is 0.0147. The van der Waals surface area contributed by atoms with E-state index in [-0.39, 0.29) is 23.9 Å². The van der Waals surface area contributed by atoms with Crippen LogP contribution >= 0.6 is 0 Å². The van der Waals surface area contributed by atoms with Gasteiger partial charge in [0, 0.05) is 56.8 Å². The molecular weight excluding hydrogens is 344 g/mol. The van der Waals surface area contributed by atoms with Crippen molar-refractivity contribution in [3.63, 3.8) is 0 Å². The fourth-order valence-corrected chi connectivity index (χ4v) is 4.34. The number of ether oxygens (including phenoxy) is 1. The summed E-state index contributed by atoms with van der Waals surface area (Å²) < 4.78 is 5.50. The van der Waals surface area contributed by atoms with Gasteiger partial charge in [0.25, 0.3) is 5.91 Å². The molecule has 1 aromatic rings. The Morgan fingerprint density at radius 1 is 1.30 bits per heavy atom. The molecule has 2 amide bonds. The Hall–Kier alpha value is -1.86. The van der Waals surface area contributed by atoms with Crippen molar-refractivity contribution < 1.29 is 14.3 Å². The number of nitrogens with one attached hydrogen (secondary N) is 2. The third-order valence-corrected chi connectivity index (χ3v) is 5.89. The third kappa shape index (κ3) is 4.35. The van der Waals surface area contributed by atoms with Crippen molar-refractivity contribution in [2.45, 2.75) is 58.2 Å². The topological polar surface area (TPSA) is 77.7 Å². The van der Waals surface area contributed by atoms with E-state index in [1.807, 2.05) is 25.7 Å². The van der Waals surface area contributed by atoms with Gasteiger partial charge >= 0.3 is 0 Å². The highest BCUT2D eigenvalue weighted by atomic mass is 16.5. The summed E-state index contributed by atoms with van der Waals surface area (Å²) in [6.45, 7) is 9.56. The van der Waals surface area contributed by atoms with Gasteiger partial charge in [0.2, 0.25) is 5.91 Å². The second kappa shape index (κ2) is 8.89. The van der Waals surface area contributed by atoms with Crippen LogP contribution in [0.2, 0.25) is 0 Å². The maximum absolute atomic E-state index is 13.1. The van der Waals surface area contributed by atoms with Crippen molar-refractivity contribution in [3.8, 4) is 0 Å². The largest absolute Gasteiger partial charge is 0.381 e. The molecule has 0 aromatic carbocycles. The molecule has 150 valence electrons. The van der Waals surface area contributed by atoms with Crippen LogP contribution in [0.4, 0.5) is 0 Å². The van der Waals surface area contributed by atoms with E-state index in [2.05, 4.69) is 15.2 Å². The smallest absolute Gasteiger partial charge is 0.253 e. The van der Waals surface area contributed by atoms with Crippen LogP contribution in [-0.2, 0) is 9.53 Å². The van der Waals surface area contributed by atoms with Crippen molar-refractivity contribution in [2.75, 3.05) is 32.8 Å². The fraction of sp³-hybridized carbons (Fsp3) is 0.700. The maximum Gasteiger partial charge on any atom is 0.253 e. The molecular formula is C20H32N4O3. The summed E-state index contributed by atoms with van der Waals surface area (Å²) in [6.07, 6.45) is 4.33. The Labute approximate surface area is 161 Å². The van der Waals surface area contributed by atoms with Crippen molar-refractivity contribution in [3.05, 3.63) is 23.5 Å². The van der Waals surface area contributed by atoms with Crippen molar-refractivity contribution in [1.29, 1.82) is 0 Å². The molecule has 2 fully saturated rings. The van der Waals surface area contributed by atoms with E-state index in [0.717, 1.165) is 38.3 Å². The number of hydrogen-bond acceptors (Lipinski definition) is 4. The standard InChI is InChI=1S/C20H32N4O3/c1-4-23(5-2)20(26)18-12-15(13-24(18)16-7-10-27-11-8-16)22-19(25)17-6-9-21-14(17)3/h6,9,15-16,18,21H,4-5,7-8,10-13H2,1-3H3,(H,22,25). The number of aromatic nitrogens is 1. The van der Waals surface area contributed by atoms with Crippen LogP contribution in [0.3, 0.4) is 0 Å².